The summed E-state index contributed by atoms with van der Waals surface area (Å²) in [5.74, 6) is -1.60. The van der Waals surface area contributed by atoms with Crippen molar-refractivity contribution in [2.24, 2.45) is 4.99 Å². The molecule has 1 aromatic carbocycles. The lowest BCUT2D eigenvalue weighted by molar-refractivity contribution is 0.0697. The van der Waals surface area contributed by atoms with E-state index in [1.807, 2.05) is 12.1 Å². The number of unbranched alkanes of at least 4 members (excludes halogenated alkanes) is 9. The number of carboxylic acids is 1. The molecule has 3 aromatic heterocycles. The highest BCUT2D eigenvalue weighted by Gasteiger charge is 2.31. The van der Waals surface area contributed by atoms with Gasteiger partial charge in [0.05, 0.1) is 28.9 Å². The highest BCUT2D eigenvalue weighted by atomic mass is 16.4. The summed E-state index contributed by atoms with van der Waals surface area (Å²) in [4.78, 5) is 28.3. The molecule has 3 atom stereocenters. The molecule has 8 heteroatoms. The van der Waals surface area contributed by atoms with Crippen LogP contribution in [0, 0.1) is 0 Å². The summed E-state index contributed by atoms with van der Waals surface area (Å²) < 4.78 is 0. The second-order valence-electron chi connectivity index (χ2n) is 15.0. The Labute approximate surface area is 313 Å². The van der Waals surface area contributed by atoms with Gasteiger partial charge in [0.25, 0.3) is 0 Å². The molecule has 2 aliphatic rings. The quantitative estimate of drug-likeness (QED) is 0.0606. The summed E-state index contributed by atoms with van der Waals surface area (Å²) in [5.41, 5.74) is 7.43. The van der Waals surface area contributed by atoms with Gasteiger partial charge in [-0.05, 0) is 85.7 Å². The van der Waals surface area contributed by atoms with Gasteiger partial charge in [-0.1, -0.05) is 103 Å². The first-order valence-electron chi connectivity index (χ1n) is 20.2. The normalized spacial score (nSPS) is 19.2. The van der Waals surface area contributed by atoms with E-state index in [-0.39, 0.29) is 34.9 Å². The van der Waals surface area contributed by atoms with Crippen LogP contribution in [0.3, 0.4) is 0 Å². The second-order valence-corrected chi connectivity index (χ2v) is 15.0. The van der Waals surface area contributed by atoms with Gasteiger partial charge >= 0.3 is 5.97 Å². The molecule has 0 aliphatic carbocycles. The minimum Gasteiger partial charge on any atom is -0.503 e. The summed E-state index contributed by atoms with van der Waals surface area (Å²) in [6.07, 6.45) is 20.1. The average Bonchev–Trinajstić information content (AvgIpc) is 3.99. The minimum atomic E-state index is -0.955. The summed E-state index contributed by atoms with van der Waals surface area (Å²) in [6.45, 7) is 6.65. The molecule has 8 bridgehead atoms. The van der Waals surface area contributed by atoms with Crippen molar-refractivity contribution in [3.8, 4) is 11.5 Å². The van der Waals surface area contributed by atoms with E-state index in [0.29, 0.717) is 11.4 Å². The zero-order valence-electron chi connectivity index (χ0n) is 31.8. The lowest BCUT2D eigenvalue weighted by Gasteiger charge is -2.19. The number of hydrogen-bond acceptors (Lipinski definition) is 4. The topological polar surface area (TPSA) is 137 Å². The number of fused-ring (bicyclic) bond motifs is 7. The number of carbonyl (C=O) groups is 1. The van der Waals surface area contributed by atoms with Gasteiger partial charge in [0, 0.05) is 39.3 Å². The molecule has 8 nitrogen and oxygen atoms in total. The maximum Gasteiger partial charge on any atom is 0.335 e. The molecule has 6 rings (SSSR count). The molecule has 0 fully saturated rings. The first-order valence-corrected chi connectivity index (χ1v) is 20.2. The van der Waals surface area contributed by atoms with Crippen molar-refractivity contribution in [3.63, 3.8) is 0 Å². The van der Waals surface area contributed by atoms with E-state index in [9.17, 15) is 20.1 Å². The van der Waals surface area contributed by atoms with E-state index in [4.69, 9.17) is 4.99 Å². The molecular formula is C45H58N4O4. The number of benzene rings is 1. The number of allylic oxidation sites excluding steroid dienone is 1. The van der Waals surface area contributed by atoms with Crippen LogP contribution < -0.4 is 10.7 Å². The predicted octanol–water partition coefficient (Wildman–Crippen LogP) is 9.70. The fraction of sp³-hybridized carbons (Fsp3) is 0.467. The molecule has 0 saturated carbocycles. The van der Waals surface area contributed by atoms with Crippen LogP contribution in [-0.2, 0) is 0 Å². The predicted molar refractivity (Wildman–Crippen MR) is 215 cm³/mol. The maximum atomic E-state index is 11.8. The number of rotatable bonds is 17. The van der Waals surface area contributed by atoms with Crippen LogP contribution in [0.2, 0.25) is 0 Å². The molecule has 3 unspecified atom stereocenters. The Bertz CT molecular complexity index is 2030. The number of carboxylic acid groups (broad SMARTS) is 1. The molecule has 282 valence electrons. The van der Waals surface area contributed by atoms with E-state index >= 15 is 0 Å². The van der Waals surface area contributed by atoms with Crippen molar-refractivity contribution in [3.05, 3.63) is 105 Å². The zero-order chi connectivity index (χ0) is 37.3. The van der Waals surface area contributed by atoms with E-state index in [0.717, 1.165) is 122 Å². The molecule has 53 heavy (non-hydrogen) atoms. The average molecular weight is 719 g/mol. The van der Waals surface area contributed by atoms with E-state index in [1.54, 1.807) is 12.1 Å². The van der Waals surface area contributed by atoms with Gasteiger partial charge < -0.3 is 30.3 Å². The van der Waals surface area contributed by atoms with E-state index < -0.39 is 5.97 Å². The van der Waals surface area contributed by atoms with Gasteiger partial charge in [0.2, 0.25) is 0 Å². The maximum absolute atomic E-state index is 11.8. The molecule has 0 amide bonds. The van der Waals surface area contributed by atoms with Crippen molar-refractivity contribution < 1.29 is 20.1 Å². The third kappa shape index (κ3) is 8.58. The lowest BCUT2D eigenvalue weighted by atomic mass is 9.90. The van der Waals surface area contributed by atoms with Gasteiger partial charge in [0.1, 0.15) is 0 Å². The second kappa shape index (κ2) is 17.9. The Balaban J connectivity index is 1.57. The summed E-state index contributed by atoms with van der Waals surface area (Å²) in [5, 5.41) is 35.0. The first-order chi connectivity index (χ1) is 25.8. The highest BCUT2D eigenvalue weighted by molar-refractivity contribution is 6.05. The standard InChI is InChI=1S/C45H58N4O4/c1-4-7-10-13-16-31-34-23-24-36(46-34)32(17-14-11-8-5-2)41-43(50)44(51)42(49-41)33(18-15-12-9-6-3)37-26-28-39(48-37)40(38-27-25-35(31)47-38)29-19-21-30(22-20-29)45(52)53/h19-28,33,35,40,46,48-51H,4-18H2,1-3H3,(H,52,53)/b34-31?,36-32-. The van der Waals surface area contributed by atoms with Gasteiger partial charge in [-0.3, -0.25) is 4.99 Å². The number of H-pyrrole nitrogens is 3. The van der Waals surface area contributed by atoms with Crippen molar-refractivity contribution in [2.45, 2.75) is 135 Å². The molecule has 0 spiro atoms. The van der Waals surface area contributed by atoms with Crippen molar-refractivity contribution in [2.75, 3.05) is 0 Å². The number of aromatic nitrogens is 3. The highest BCUT2D eigenvalue weighted by Crippen LogP contribution is 2.44. The Kier molecular flexibility index (Phi) is 12.8. The third-order valence-electron chi connectivity index (χ3n) is 11.2. The van der Waals surface area contributed by atoms with Crippen molar-refractivity contribution in [1.29, 1.82) is 0 Å². The van der Waals surface area contributed by atoms with Crippen LogP contribution in [0.1, 0.15) is 168 Å². The Morgan fingerprint density at radius 2 is 1.36 bits per heavy atom. The fourth-order valence-corrected chi connectivity index (χ4v) is 8.20. The van der Waals surface area contributed by atoms with Crippen LogP contribution in [-0.4, -0.2) is 48.0 Å². The summed E-state index contributed by atoms with van der Waals surface area (Å²) in [7, 11) is 0. The van der Waals surface area contributed by atoms with Crippen LogP contribution in [0.4, 0.5) is 0 Å². The zero-order valence-corrected chi connectivity index (χ0v) is 31.8. The van der Waals surface area contributed by atoms with Gasteiger partial charge in [-0.25, -0.2) is 4.79 Å². The lowest BCUT2D eigenvalue weighted by Crippen LogP contribution is -2.20. The van der Waals surface area contributed by atoms with Gasteiger partial charge in [0.15, 0.2) is 11.5 Å². The first kappa shape index (κ1) is 38.0. The van der Waals surface area contributed by atoms with Gasteiger partial charge in [-0.15, -0.1) is 0 Å². The van der Waals surface area contributed by atoms with Crippen LogP contribution in [0.5, 0.6) is 11.5 Å². The van der Waals surface area contributed by atoms with E-state index in [2.05, 4.69) is 72.1 Å². The number of aromatic carboxylic acids is 1. The Morgan fingerprint density at radius 1 is 0.698 bits per heavy atom. The molecule has 0 radical (unpaired) electrons. The van der Waals surface area contributed by atoms with Crippen LogP contribution in [0.15, 0.2) is 65.7 Å². The molecule has 5 heterocycles. The molecule has 2 aliphatic heterocycles. The van der Waals surface area contributed by atoms with Crippen LogP contribution in [0.25, 0.3) is 11.1 Å². The number of aromatic amines is 3. The number of nitrogens with one attached hydrogen (secondary N) is 3. The van der Waals surface area contributed by atoms with Crippen molar-refractivity contribution >= 4 is 22.8 Å². The van der Waals surface area contributed by atoms with Crippen molar-refractivity contribution in [1.82, 2.24) is 15.0 Å². The molecule has 0 saturated heterocycles. The molecular weight excluding hydrogens is 661 g/mol. The summed E-state index contributed by atoms with van der Waals surface area (Å²) in [6, 6.07) is 15.5. The monoisotopic (exact) mass is 718 g/mol. The number of hydrogen-bond donors (Lipinski definition) is 6. The number of nitrogens with zero attached hydrogens (tertiary/aromatic N) is 1. The third-order valence-corrected chi connectivity index (χ3v) is 11.2. The SMILES string of the molecule is CCCCCCC1=c2cc/c([nH]2)=C(\CCCCCC)c2[nH]c(c(O)c2O)C(CCCCCC)c2ccc([nH]2)C(c2ccc(C(=O)O)cc2)C2=NC1C=C2. The fourth-order valence-electron chi connectivity index (χ4n) is 8.20. The summed E-state index contributed by atoms with van der Waals surface area (Å²) >= 11 is 0. The smallest absolute Gasteiger partial charge is 0.335 e. The molecule has 6 N–H and O–H groups in total. The van der Waals surface area contributed by atoms with E-state index in [1.165, 1.54) is 18.4 Å². The van der Waals surface area contributed by atoms with Crippen LogP contribution >= 0.6 is 0 Å². The Morgan fingerprint density at radius 3 is 2.06 bits per heavy atom. The molecule has 4 aromatic rings. The minimum absolute atomic E-state index is 0.0888. The number of aromatic hydroxyl groups is 2. The largest absolute Gasteiger partial charge is 0.503 e. The number of aliphatic imine (C=N–C) groups is 1. The van der Waals surface area contributed by atoms with Gasteiger partial charge in [-0.2, -0.15) is 0 Å². The Hall–Kier alpha value is -4.72.